The molecule has 0 N–H and O–H groups in total. The fraction of sp³-hybridized carbons (Fsp3) is 1.00. The van der Waals surface area contributed by atoms with Crippen molar-refractivity contribution >= 4 is 0 Å². The second-order valence-corrected chi connectivity index (χ2v) is 3.73. The molecule has 0 heterocycles. The van der Waals surface area contributed by atoms with Crippen LogP contribution >= 0.6 is 0 Å². The van der Waals surface area contributed by atoms with Crippen LogP contribution in [0.3, 0.4) is 0 Å². The van der Waals surface area contributed by atoms with Gasteiger partial charge in [0.25, 0.3) is 0 Å². The molecule has 0 saturated heterocycles. The molecule has 0 aliphatic heterocycles. The standard InChI is InChI=1S/C11H26N2O/c1-5-7-12(3)8-9-13(6-2)10-11-14-4/h5-11H2,1-4H3. The molecule has 0 rings (SSSR count). The fourth-order valence-electron chi connectivity index (χ4n) is 1.45. The molecular weight excluding hydrogens is 176 g/mol. The molecule has 0 unspecified atom stereocenters. The minimum Gasteiger partial charge on any atom is -0.383 e. The fourth-order valence-corrected chi connectivity index (χ4v) is 1.45. The molecule has 0 aliphatic rings. The van der Waals surface area contributed by atoms with Gasteiger partial charge in [-0.15, -0.1) is 0 Å². The Labute approximate surface area is 89.0 Å². The van der Waals surface area contributed by atoms with Gasteiger partial charge in [0.1, 0.15) is 0 Å². The van der Waals surface area contributed by atoms with E-state index in [1.165, 1.54) is 13.0 Å². The minimum atomic E-state index is 0.839. The van der Waals surface area contributed by atoms with E-state index < -0.39 is 0 Å². The van der Waals surface area contributed by atoms with Crippen LogP contribution < -0.4 is 0 Å². The molecule has 0 bridgehead atoms. The van der Waals surface area contributed by atoms with Crippen molar-refractivity contribution < 1.29 is 4.74 Å². The average molecular weight is 202 g/mol. The molecule has 0 radical (unpaired) electrons. The van der Waals surface area contributed by atoms with Crippen LogP contribution in [0, 0.1) is 0 Å². The first-order valence-electron chi connectivity index (χ1n) is 5.64. The van der Waals surface area contributed by atoms with Crippen molar-refractivity contribution in [3.05, 3.63) is 0 Å². The quantitative estimate of drug-likeness (QED) is 0.560. The van der Waals surface area contributed by atoms with Crippen molar-refractivity contribution in [1.29, 1.82) is 0 Å². The zero-order valence-electron chi connectivity index (χ0n) is 10.3. The molecule has 0 aromatic carbocycles. The van der Waals surface area contributed by atoms with Crippen molar-refractivity contribution in [3.63, 3.8) is 0 Å². The van der Waals surface area contributed by atoms with Gasteiger partial charge in [-0.1, -0.05) is 13.8 Å². The zero-order chi connectivity index (χ0) is 10.8. The highest BCUT2D eigenvalue weighted by atomic mass is 16.5. The maximum absolute atomic E-state index is 5.07. The first kappa shape index (κ1) is 13.9. The van der Waals surface area contributed by atoms with Gasteiger partial charge in [0, 0.05) is 26.7 Å². The molecule has 0 saturated carbocycles. The Balaban J connectivity index is 3.50. The van der Waals surface area contributed by atoms with Crippen LogP contribution in [0.5, 0.6) is 0 Å². The number of likely N-dealkylation sites (N-methyl/N-ethyl adjacent to an activating group) is 2. The summed E-state index contributed by atoms with van der Waals surface area (Å²) in [6.45, 7) is 10.9. The van der Waals surface area contributed by atoms with Gasteiger partial charge in [-0.2, -0.15) is 0 Å². The van der Waals surface area contributed by atoms with Gasteiger partial charge in [-0.3, -0.25) is 0 Å². The van der Waals surface area contributed by atoms with Crippen LogP contribution in [0.2, 0.25) is 0 Å². The molecule has 0 amide bonds. The van der Waals surface area contributed by atoms with E-state index >= 15 is 0 Å². The van der Waals surface area contributed by atoms with Crippen molar-refractivity contribution in [2.75, 3.05) is 53.5 Å². The lowest BCUT2D eigenvalue weighted by Crippen LogP contribution is -2.35. The Kier molecular flexibility index (Phi) is 9.35. The Hall–Kier alpha value is -0.120. The molecular formula is C11H26N2O. The van der Waals surface area contributed by atoms with Crippen molar-refractivity contribution in [2.45, 2.75) is 20.3 Å². The largest absolute Gasteiger partial charge is 0.383 e. The van der Waals surface area contributed by atoms with E-state index in [2.05, 4.69) is 30.7 Å². The second kappa shape index (κ2) is 9.44. The summed E-state index contributed by atoms with van der Waals surface area (Å²) >= 11 is 0. The third kappa shape index (κ3) is 7.30. The van der Waals surface area contributed by atoms with Crippen LogP contribution in [-0.2, 0) is 4.74 Å². The third-order valence-corrected chi connectivity index (χ3v) is 2.46. The van der Waals surface area contributed by atoms with Gasteiger partial charge in [-0.25, -0.2) is 0 Å². The lowest BCUT2D eigenvalue weighted by atomic mass is 10.4. The highest BCUT2D eigenvalue weighted by Crippen LogP contribution is 1.91. The molecule has 0 aliphatic carbocycles. The summed E-state index contributed by atoms with van der Waals surface area (Å²) in [7, 11) is 3.95. The van der Waals surface area contributed by atoms with Crippen molar-refractivity contribution in [1.82, 2.24) is 9.80 Å². The lowest BCUT2D eigenvalue weighted by Gasteiger charge is -2.23. The summed E-state index contributed by atoms with van der Waals surface area (Å²) in [5, 5.41) is 0. The van der Waals surface area contributed by atoms with Gasteiger partial charge in [0.15, 0.2) is 0 Å². The topological polar surface area (TPSA) is 15.7 Å². The van der Waals surface area contributed by atoms with E-state index in [9.17, 15) is 0 Å². The predicted octanol–water partition coefficient (Wildman–Crippen LogP) is 1.30. The number of nitrogens with zero attached hydrogens (tertiary/aromatic N) is 2. The number of hydrogen-bond donors (Lipinski definition) is 0. The Bertz CT molecular complexity index is 120. The third-order valence-electron chi connectivity index (χ3n) is 2.46. The summed E-state index contributed by atoms with van der Waals surface area (Å²) in [4.78, 5) is 4.81. The summed E-state index contributed by atoms with van der Waals surface area (Å²) in [5.74, 6) is 0. The molecule has 0 spiro atoms. The molecule has 14 heavy (non-hydrogen) atoms. The molecule has 0 atom stereocenters. The highest BCUT2D eigenvalue weighted by molar-refractivity contribution is 4.58. The van der Waals surface area contributed by atoms with Gasteiger partial charge in [0.2, 0.25) is 0 Å². The Morgan fingerprint density at radius 1 is 1.00 bits per heavy atom. The number of methoxy groups -OCH3 is 1. The van der Waals surface area contributed by atoms with Crippen LogP contribution in [0.25, 0.3) is 0 Å². The van der Waals surface area contributed by atoms with E-state index in [1.54, 1.807) is 7.11 Å². The summed E-state index contributed by atoms with van der Waals surface area (Å²) in [6.07, 6.45) is 1.24. The number of ether oxygens (including phenoxy) is 1. The van der Waals surface area contributed by atoms with Crippen LogP contribution in [0.15, 0.2) is 0 Å². The maximum Gasteiger partial charge on any atom is 0.0589 e. The van der Waals surface area contributed by atoms with Gasteiger partial charge >= 0.3 is 0 Å². The van der Waals surface area contributed by atoms with Crippen LogP contribution in [0.4, 0.5) is 0 Å². The van der Waals surface area contributed by atoms with Gasteiger partial charge < -0.3 is 14.5 Å². The average Bonchev–Trinajstić information content (AvgIpc) is 2.19. The molecule has 3 heteroatoms. The smallest absolute Gasteiger partial charge is 0.0589 e. The number of rotatable bonds is 9. The number of hydrogen-bond acceptors (Lipinski definition) is 3. The predicted molar refractivity (Wildman–Crippen MR) is 61.8 cm³/mol. The van der Waals surface area contributed by atoms with Crippen molar-refractivity contribution in [3.8, 4) is 0 Å². The van der Waals surface area contributed by atoms with Crippen LogP contribution in [0.1, 0.15) is 20.3 Å². The molecule has 0 aromatic rings. The first-order chi connectivity index (χ1) is 6.74. The van der Waals surface area contributed by atoms with E-state index in [-0.39, 0.29) is 0 Å². The molecule has 0 aromatic heterocycles. The second-order valence-electron chi connectivity index (χ2n) is 3.73. The molecule has 86 valence electrons. The SMILES string of the molecule is CCCN(C)CCN(CC)CCOC. The van der Waals surface area contributed by atoms with E-state index in [0.717, 1.165) is 32.8 Å². The van der Waals surface area contributed by atoms with Crippen molar-refractivity contribution in [2.24, 2.45) is 0 Å². The monoisotopic (exact) mass is 202 g/mol. The first-order valence-corrected chi connectivity index (χ1v) is 5.64. The molecule has 3 nitrogen and oxygen atoms in total. The van der Waals surface area contributed by atoms with E-state index in [4.69, 9.17) is 4.74 Å². The Morgan fingerprint density at radius 3 is 2.21 bits per heavy atom. The normalized spacial score (nSPS) is 11.6. The molecule has 0 fully saturated rings. The summed E-state index contributed by atoms with van der Waals surface area (Å²) in [6, 6.07) is 0. The van der Waals surface area contributed by atoms with E-state index in [1.807, 2.05) is 0 Å². The zero-order valence-corrected chi connectivity index (χ0v) is 10.3. The van der Waals surface area contributed by atoms with Gasteiger partial charge in [-0.05, 0) is 26.6 Å². The highest BCUT2D eigenvalue weighted by Gasteiger charge is 2.03. The maximum atomic E-state index is 5.07. The summed E-state index contributed by atoms with van der Waals surface area (Å²) in [5.41, 5.74) is 0. The summed E-state index contributed by atoms with van der Waals surface area (Å²) < 4.78 is 5.07. The minimum absolute atomic E-state index is 0.839. The van der Waals surface area contributed by atoms with E-state index in [0.29, 0.717) is 0 Å². The lowest BCUT2D eigenvalue weighted by molar-refractivity contribution is 0.143. The van der Waals surface area contributed by atoms with Crippen LogP contribution in [-0.4, -0.2) is 63.3 Å². The Morgan fingerprint density at radius 2 is 1.71 bits per heavy atom. The van der Waals surface area contributed by atoms with Gasteiger partial charge in [0.05, 0.1) is 6.61 Å².